The van der Waals surface area contributed by atoms with E-state index in [9.17, 15) is 14.7 Å². The summed E-state index contributed by atoms with van der Waals surface area (Å²) < 4.78 is 6.10. The molecule has 1 amide bonds. The van der Waals surface area contributed by atoms with Gasteiger partial charge in [0.05, 0.1) is 0 Å². The van der Waals surface area contributed by atoms with Crippen LogP contribution in [0.25, 0.3) is 0 Å². The SMILES string of the molecule is Cc1cc(C(=O)NC23C(=O)C4=C(C=CCC4N)C2(O)Oc2cc(C(C)C)ccc23)ccn1. The second kappa shape index (κ2) is 6.85. The number of hydrogen-bond donors (Lipinski definition) is 3. The zero-order valence-corrected chi connectivity index (χ0v) is 18.2. The smallest absolute Gasteiger partial charge is 0.270 e. The van der Waals surface area contributed by atoms with Crippen molar-refractivity contribution < 1.29 is 19.4 Å². The molecule has 2 aliphatic carbocycles. The van der Waals surface area contributed by atoms with Crippen LogP contribution in [-0.4, -0.2) is 33.6 Å². The summed E-state index contributed by atoms with van der Waals surface area (Å²) in [7, 11) is 0. The molecule has 2 aromatic rings. The van der Waals surface area contributed by atoms with Crippen molar-refractivity contribution in [1.82, 2.24) is 10.3 Å². The highest BCUT2D eigenvalue weighted by molar-refractivity contribution is 6.14. The maximum Gasteiger partial charge on any atom is 0.270 e. The lowest BCUT2D eigenvalue weighted by Crippen LogP contribution is -2.63. The highest BCUT2D eigenvalue weighted by Gasteiger charge is 2.72. The Bertz CT molecular complexity index is 1230. The zero-order valence-electron chi connectivity index (χ0n) is 18.2. The number of carbonyl (C=O) groups excluding carboxylic acids is 2. The predicted octanol–water partition coefficient (Wildman–Crippen LogP) is 2.39. The largest absolute Gasteiger partial charge is 0.454 e. The molecule has 32 heavy (non-hydrogen) atoms. The van der Waals surface area contributed by atoms with E-state index in [4.69, 9.17) is 10.5 Å². The molecule has 3 unspecified atom stereocenters. The van der Waals surface area contributed by atoms with Gasteiger partial charge in [0.15, 0.2) is 5.78 Å². The molecule has 2 heterocycles. The van der Waals surface area contributed by atoms with Crippen molar-refractivity contribution >= 4 is 11.7 Å². The second-order valence-electron chi connectivity index (χ2n) is 8.95. The summed E-state index contributed by atoms with van der Waals surface area (Å²) in [6.45, 7) is 5.87. The first-order chi connectivity index (χ1) is 15.2. The molecule has 1 aromatic carbocycles. The highest BCUT2D eigenvalue weighted by atomic mass is 16.6. The van der Waals surface area contributed by atoms with E-state index in [0.29, 0.717) is 40.1 Å². The average Bonchev–Trinajstić information content (AvgIpc) is 3.11. The molecule has 7 nitrogen and oxygen atoms in total. The zero-order chi connectivity index (χ0) is 22.8. The van der Waals surface area contributed by atoms with Gasteiger partial charge in [-0.05, 0) is 43.0 Å². The number of nitrogens with one attached hydrogen (secondary N) is 1. The fourth-order valence-corrected chi connectivity index (χ4v) is 4.91. The van der Waals surface area contributed by atoms with Crippen molar-refractivity contribution in [2.45, 2.75) is 50.5 Å². The number of fused-ring (bicyclic) bond motifs is 4. The Kier molecular flexibility index (Phi) is 4.41. The lowest BCUT2D eigenvalue weighted by Gasteiger charge is -2.35. The number of Topliss-reactive ketones (excluding diaryl/α,β-unsaturated/α-hetero) is 1. The molecular formula is C25H25N3O4. The Labute approximate surface area is 186 Å². The maximum atomic E-state index is 13.9. The molecule has 0 bridgehead atoms. The summed E-state index contributed by atoms with van der Waals surface area (Å²) in [4.78, 5) is 31.4. The van der Waals surface area contributed by atoms with Gasteiger partial charge in [-0.25, -0.2) is 0 Å². The molecule has 5 rings (SSSR count). The monoisotopic (exact) mass is 431 g/mol. The Morgan fingerprint density at radius 3 is 2.81 bits per heavy atom. The van der Waals surface area contributed by atoms with E-state index in [1.54, 1.807) is 31.2 Å². The number of ketones is 1. The van der Waals surface area contributed by atoms with Crippen LogP contribution in [0.1, 0.15) is 53.4 Å². The Morgan fingerprint density at radius 1 is 1.31 bits per heavy atom. The van der Waals surface area contributed by atoms with Gasteiger partial charge in [-0.2, -0.15) is 0 Å². The number of amides is 1. The fraction of sp³-hybridized carbons (Fsp3) is 0.320. The van der Waals surface area contributed by atoms with Crippen LogP contribution in [0.5, 0.6) is 5.75 Å². The van der Waals surface area contributed by atoms with E-state index in [0.717, 1.165) is 5.56 Å². The van der Waals surface area contributed by atoms with Crippen LogP contribution in [0.15, 0.2) is 59.8 Å². The van der Waals surface area contributed by atoms with Crippen molar-refractivity contribution in [3.05, 3.63) is 82.2 Å². The number of pyridine rings is 1. The maximum absolute atomic E-state index is 13.9. The van der Waals surface area contributed by atoms with Gasteiger partial charge in [0.2, 0.25) is 5.54 Å². The Hall–Kier alpha value is -3.29. The van der Waals surface area contributed by atoms with Gasteiger partial charge in [-0.1, -0.05) is 38.1 Å². The van der Waals surface area contributed by atoms with Gasteiger partial charge in [-0.3, -0.25) is 14.6 Å². The molecule has 1 aromatic heterocycles. The van der Waals surface area contributed by atoms with Crippen LogP contribution in [0.2, 0.25) is 0 Å². The molecule has 3 aliphatic rings. The van der Waals surface area contributed by atoms with Gasteiger partial charge >= 0.3 is 0 Å². The lowest BCUT2D eigenvalue weighted by molar-refractivity contribution is -0.154. The van der Waals surface area contributed by atoms with Crippen LogP contribution in [0, 0.1) is 6.92 Å². The lowest BCUT2D eigenvalue weighted by atomic mass is 9.80. The minimum atomic E-state index is -2.09. The highest BCUT2D eigenvalue weighted by Crippen LogP contribution is 2.57. The second-order valence-corrected chi connectivity index (χ2v) is 8.95. The first-order valence-corrected chi connectivity index (χ1v) is 10.7. The van der Waals surface area contributed by atoms with Crippen LogP contribution in [0.3, 0.4) is 0 Å². The van der Waals surface area contributed by atoms with E-state index in [1.807, 2.05) is 32.1 Å². The molecule has 0 radical (unpaired) electrons. The van der Waals surface area contributed by atoms with E-state index in [1.165, 1.54) is 6.20 Å². The number of hydrogen-bond acceptors (Lipinski definition) is 6. The van der Waals surface area contributed by atoms with Gasteiger partial charge in [0.1, 0.15) is 5.75 Å². The van der Waals surface area contributed by atoms with Gasteiger partial charge < -0.3 is 20.9 Å². The summed E-state index contributed by atoms with van der Waals surface area (Å²) in [5.74, 6) is -2.45. The minimum Gasteiger partial charge on any atom is -0.454 e. The molecule has 4 N–H and O–H groups in total. The number of carbonyl (C=O) groups is 2. The van der Waals surface area contributed by atoms with Crippen molar-refractivity contribution in [3.8, 4) is 5.75 Å². The summed E-state index contributed by atoms with van der Waals surface area (Å²) in [5, 5.41) is 14.8. The number of rotatable bonds is 3. The third kappa shape index (κ3) is 2.58. The fourth-order valence-electron chi connectivity index (χ4n) is 4.91. The summed E-state index contributed by atoms with van der Waals surface area (Å²) in [6.07, 6.45) is 5.48. The summed E-state index contributed by atoms with van der Waals surface area (Å²) in [6, 6.07) is 8.07. The van der Waals surface area contributed by atoms with Gasteiger partial charge in [0.25, 0.3) is 11.7 Å². The number of aryl methyl sites for hydroxylation is 1. The standard InChI is InChI=1S/C25H25N3O4/c1-13(2)15-7-8-17-20(12-15)32-25(31)18-5-4-6-19(26)21(18)22(29)24(17,25)28-23(30)16-9-10-27-14(3)11-16/h4-5,7-13,19,31H,6,26H2,1-3H3,(H,28,30). The number of nitrogens with two attached hydrogens (primary N) is 1. The van der Waals surface area contributed by atoms with Gasteiger partial charge in [-0.15, -0.1) is 0 Å². The van der Waals surface area contributed by atoms with Crippen molar-refractivity contribution in [1.29, 1.82) is 0 Å². The molecule has 3 atom stereocenters. The number of ether oxygens (including phenoxy) is 1. The molecular weight excluding hydrogens is 406 g/mol. The quantitative estimate of drug-likeness (QED) is 0.688. The van der Waals surface area contributed by atoms with Crippen LogP contribution >= 0.6 is 0 Å². The first-order valence-electron chi connectivity index (χ1n) is 10.7. The normalized spacial score (nSPS) is 27.8. The molecule has 1 aliphatic heterocycles. The number of nitrogens with zero attached hydrogens (tertiary/aromatic N) is 1. The van der Waals surface area contributed by atoms with E-state index in [2.05, 4.69) is 10.3 Å². The third-order valence-electron chi connectivity index (χ3n) is 6.59. The summed E-state index contributed by atoms with van der Waals surface area (Å²) in [5.41, 5.74) is 7.43. The molecule has 164 valence electrons. The molecule has 0 saturated heterocycles. The first kappa shape index (κ1) is 20.6. The van der Waals surface area contributed by atoms with E-state index >= 15 is 0 Å². The number of benzene rings is 1. The number of aromatic nitrogens is 1. The molecule has 0 saturated carbocycles. The number of aliphatic hydroxyl groups is 1. The third-order valence-corrected chi connectivity index (χ3v) is 6.59. The topological polar surface area (TPSA) is 115 Å². The van der Waals surface area contributed by atoms with E-state index in [-0.39, 0.29) is 5.92 Å². The van der Waals surface area contributed by atoms with Crippen LogP contribution in [-0.2, 0) is 10.3 Å². The van der Waals surface area contributed by atoms with Crippen molar-refractivity contribution in [2.24, 2.45) is 5.73 Å². The minimum absolute atomic E-state index is 0.220. The average molecular weight is 431 g/mol. The van der Waals surface area contributed by atoms with Crippen molar-refractivity contribution in [2.75, 3.05) is 0 Å². The predicted molar refractivity (Wildman–Crippen MR) is 118 cm³/mol. The molecule has 0 fully saturated rings. The van der Waals surface area contributed by atoms with E-state index < -0.39 is 29.1 Å². The Morgan fingerprint density at radius 2 is 2.09 bits per heavy atom. The molecule has 7 heteroatoms. The van der Waals surface area contributed by atoms with Crippen molar-refractivity contribution in [3.63, 3.8) is 0 Å². The van der Waals surface area contributed by atoms with Crippen LogP contribution < -0.4 is 15.8 Å². The summed E-state index contributed by atoms with van der Waals surface area (Å²) >= 11 is 0. The van der Waals surface area contributed by atoms with Gasteiger partial charge in [0, 0.05) is 40.2 Å². The van der Waals surface area contributed by atoms with Crippen LogP contribution in [0.4, 0.5) is 0 Å². The molecule has 0 spiro atoms. The Balaban J connectivity index is 1.70.